The summed E-state index contributed by atoms with van der Waals surface area (Å²) in [5.41, 5.74) is 1.65. The number of hydrogen-bond acceptors (Lipinski definition) is 5. The number of methoxy groups -OCH3 is 1. The minimum atomic E-state index is -0.347. The molecule has 0 saturated carbocycles. The van der Waals surface area contributed by atoms with Gasteiger partial charge in [0, 0.05) is 4.88 Å². The van der Waals surface area contributed by atoms with Crippen LogP contribution in [0.15, 0.2) is 0 Å². The van der Waals surface area contributed by atoms with Crippen LogP contribution in [0.4, 0.5) is 5.00 Å². The third-order valence-corrected chi connectivity index (χ3v) is 6.30. The highest BCUT2D eigenvalue weighted by Crippen LogP contribution is 2.37. The molecule has 26 heavy (non-hydrogen) atoms. The molecular weight excluding hydrogens is 352 g/mol. The average Bonchev–Trinajstić information content (AvgIpc) is 2.74. The summed E-state index contributed by atoms with van der Waals surface area (Å²) in [6.07, 6.45) is 5.57. The highest BCUT2D eigenvalue weighted by Gasteiger charge is 2.29. The zero-order valence-corrected chi connectivity index (χ0v) is 16.7. The van der Waals surface area contributed by atoms with Crippen molar-refractivity contribution in [3.63, 3.8) is 0 Å². The number of thiophene rings is 1. The molecule has 1 aromatic heterocycles. The van der Waals surface area contributed by atoms with Crippen molar-refractivity contribution < 1.29 is 24.0 Å². The molecule has 3 atom stereocenters. The SMILES string of the molecule is COC(=O)c1c(NC(=O)C[NH+]2C[C@@H](C)O[C@@H](C)C2)sc2c1CCCCC2. The van der Waals surface area contributed by atoms with Gasteiger partial charge in [0.05, 0.1) is 12.7 Å². The lowest BCUT2D eigenvalue weighted by Crippen LogP contribution is -3.16. The molecule has 7 heteroatoms. The van der Waals surface area contributed by atoms with Crippen LogP contribution < -0.4 is 10.2 Å². The van der Waals surface area contributed by atoms with Gasteiger partial charge in [-0.1, -0.05) is 6.42 Å². The number of aryl methyl sites for hydroxylation is 1. The lowest BCUT2D eigenvalue weighted by molar-refractivity contribution is -0.907. The van der Waals surface area contributed by atoms with Gasteiger partial charge in [-0.05, 0) is 45.1 Å². The molecule has 6 nitrogen and oxygen atoms in total. The zero-order valence-electron chi connectivity index (χ0n) is 15.9. The second kappa shape index (κ2) is 8.50. The first-order chi connectivity index (χ1) is 12.5. The van der Waals surface area contributed by atoms with Gasteiger partial charge < -0.3 is 19.7 Å². The molecule has 1 unspecified atom stereocenters. The van der Waals surface area contributed by atoms with Crippen molar-refractivity contribution in [3.05, 3.63) is 16.0 Å². The Labute approximate surface area is 158 Å². The number of nitrogens with one attached hydrogen (secondary N) is 2. The molecule has 1 amide bonds. The number of quaternary nitrogens is 1. The maximum atomic E-state index is 12.6. The smallest absolute Gasteiger partial charge is 0.341 e. The van der Waals surface area contributed by atoms with E-state index < -0.39 is 0 Å². The number of amides is 1. The molecule has 144 valence electrons. The van der Waals surface area contributed by atoms with Gasteiger partial charge >= 0.3 is 5.97 Å². The van der Waals surface area contributed by atoms with Crippen LogP contribution in [0.5, 0.6) is 0 Å². The molecule has 2 aliphatic rings. The molecule has 0 aromatic carbocycles. The number of carbonyl (C=O) groups excluding carboxylic acids is 2. The Kier molecular flexibility index (Phi) is 6.32. The number of esters is 1. The van der Waals surface area contributed by atoms with Crippen molar-refractivity contribution in [2.45, 2.75) is 58.2 Å². The summed E-state index contributed by atoms with van der Waals surface area (Å²) in [5, 5.41) is 3.65. The minimum Gasteiger partial charge on any atom is -0.465 e. The van der Waals surface area contributed by atoms with E-state index in [0.29, 0.717) is 17.1 Å². The molecule has 1 aromatic rings. The molecular formula is C19H29N2O4S+. The number of hydrogen-bond donors (Lipinski definition) is 2. The van der Waals surface area contributed by atoms with Crippen molar-refractivity contribution >= 4 is 28.2 Å². The molecule has 3 rings (SSSR count). The van der Waals surface area contributed by atoms with E-state index in [2.05, 4.69) is 5.32 Å². The van der Waals surface area contributed by atoms with Crippen LogP contribution >= 0.6 is 11.3 Å². The Hall–Kier alpha value is -1.44. The van der Waals surface area contributed by atoms with Crippen LogP contribution in [-0.2, 0) is 27.1 Å². The van der Waals surface area contributed by atoms with Crippen molar-refractivity contribution in [1.29, 1.82) is 0 Å². The highest BCUT2D eigenvalue weighted by atomic mass is 32.1. The van der Waals surface area contributed by atoms with E-state index in [-0.39, 0.29) is 24.1 Å². The van der Waals surface area contributed by atoms with Gasteiger partial charge in [0.2, 0.25) is 0 Å². The number of carbonyl (C=O) groups is 2. The molecule has 1 saturated heterocycles. The van der Waals surface area contributed by atoms with E-state index in [1.807, 2.05) is 13.8 Å². The van der Waals surface area contributed by atoms with Crippen LogP contribution in [-0.4, -0.2) is 50.8 Å². The van der Waals surface area contributed by atoms with Crippen molar-refractivity contribution in [2.75, 3.05) is 32.1 Å². The Morgan fingerprint density at radius 2 is 1.88 bits per heavy atom. The average molecular weight is 382 g/mol. The monoisotopic (exact) mass is 381 g/mol. The molecule has 1 fully saturated rings. The van der Waals surface area contributed by atoms with Gasteiger partial charge in [-0.25, -0.2) is 4.79 Å². The Balaban J connectivity index is 1.74. The second-order valence-corrected chi connectivity index (χ2v) is 8.51. The van der Waals surface area contributed by atoms with Crippen LogP contribution in [0.25, 0.3) is 0 Å². The second-order valence-electron chi connectivity index (χ2n) is 7.40. The fourth-order valence-corrected chi connectivity index (χ4v) is 5.37. The number of rotatable bonds is 4. The predicted molar refractivity (Wildman–Crippen MR) is 101 cm³/mol. The number of anilines is 1. The lowest BCUT2D eigenvalue weighted by Gasteiger charge is -2.31. The third-order valence-electron chi connectivity index (χ3n) is 5.09. The standard InChI is InChI=1S/C19H28N2O4S/c1-12-9-21(10-13(2)25-12)11-16(22)20-18-17(19(23)24-3)14-7-5-4-6-8-15(14)26-18/h12-13H,4-11H2,1-3H3,(H,20,22)/p+1/t12-,13+. The first-order valence-electron chi connectivity index (χ1n) is 9.49. The van der Waals surface area contributed by atoms with Gasteiger partial charge in [-0.15, -0.1) is 11.3 Å². The van der Waals surface area contributed by atoms with Gasteiger partial charge in [0.1, 0.15) is 30.3 Å². The predicted octanol–water partition coefficient (Wildman–Crippen LogP) is 1.43. The molecule has 1 aliphatic carbocycles. The van der Waals surface area contributed by atoms with E-state index in [1.165, 1.54) is 23.3 Å². The van der Waals surface area contributed by atoms with Gasteiger partial charge in [-0.3, -0.25) is 4.79 Å². The maximum Gasteiger partial charge on any atom is 0.341 e. The van der Waals surface area contributed by atoms with E-state index in [9.17, 15) is 9.59 Å². The Morgan fingerprint density at radius 3 is 2.58 bits per heavy atom. The van der Waals surface area contributed by atoms with Crippen LogP contribution in [0.1, 0.15) is 53.9 Å². The summed E-state index contributed by atoms with van der Waals surface area (Å²) in [6, 6.07) is 0. The summed E-state index contributed by atoms with van der Waals surface area (Å²) in [5.74, 6) is -0.400. The fourth-order valence-electron chi connectivity index (χ4n) is 4.08. The normalized spacial score (nSPS) is 25.9. The topological polar surface area (TPSA) is 69.1 Å². The van der Waals surface area contributed by atoms with E-state index in [0.717, 1.165) is 44.3 Å². The summed E-state index contributed by atoms with van der Waals surface area (Å²) < 4.78 is 10.7. The lowest BCUT2D eigenvalue weighted by atomic mass is 10.1. The van der Waals surface area contributed by atoms with Crippen molar-refractivity contribution in [1.82, 2.24) is 0 Å². The molecule has 2 N–H and O–H groups in total. The molecule has 1 aliphatic heterocycles. The summed E-state index contributed by atoms with van der Waals surface area (Å²) in [4.78, 5) is 27.4. The van der Waals surface area contributed by atoms with Crippen LogP contribution in [0, 0.1) is 0 Å². The molecule has 2 heterocycles. The van der Waals surface area contributed by atoms with E-state index in [1.54, 1.807) is 11.3 Å². The van der Waals surface area contributed by atoms with Crippen LogP contribution in [0.3, 0.4) is 0 Å². The van der Waals surface area contributed by atoms with Gasteiger partial charge in [0.15, 0.2) is 6.54 Å². The van der Waals surface area contributed by atoms with E-state index in [4.69, 9.17) is 9.47 Å². The maximum absolute atomic E-state index is 12.6. The van der Waals surface area contributed by atoms with Crippen LogP contribution in [0.2, 0.25) is 0 Å². The Bertz CT molecular complexity index is 663. The fraction of sp³-hybridized carbons (Fsp3) is 0.684. The van der Waals surface area contributed by atoms with E-state index >= 15 is 0 Å². The summed E-state index contributed by atoms with van der Waals surface area (Å²) in [6.45, 7) is 6.12. The molecule has 0 bridgehead atoms. The van der Waals surface area contributed by atoms with Crippen molar-refractivity contribution in [3.8, 4) is 0 Å². The van der Waals surface area contributed by atoms with Crippen molar-refractivity contribution in [2.24, 2.45) is 0 Å². The number of morpholine rings is 1. The first-order valence-corrected chi connectivity index (χ1v) is 10.3. The van der Waals surface area contributed by atoms with Gasteiger partial charge in [-0.2, -0.15) is 0 Å². The largest absolute Gasteiger partial charge is 0.465 e. The molecule has 0 spiro atoms. The third kappa shape index (κ3) is 4.45. The molecule has 0 radical (unpaired) electrons. The quantitative estimate of drug-likeness (QED) is 0.612. The summed E-state index contributed by atoms with van der Waals surface area (Å²) in [7, 11) is 1.40. The minimum absolute atomic E-state index is 0.0529. The zero-order chi connectivity index (χ0) is 18.7. The highest BCUT2D eigenvalue weighted by molar-refractivity contribution is 7.17. The Morgan fingerprint density at radius 1 is 1.19 bits per heavy atom. The number of fused-ring (bicyclic) bond motifs is 1. The summed E-state index contributed by atoms with van der Waals surface area (Å²) >= 11 is 1.54. The first kappa shape index (κ1) is 19.3. The van der Waals surface area contributed by atoms with Gasteiger partial charge in [0.25, 0.3) is 5.91 Å². The number of ether oxygens (including phenoxy) is 2.